The van der Waals surface area contributed by atoms with Gasteiger partial charge in [-0.25, -0.2) is 9.78 Å². The quantitative estimate of drug-likeness (QED) is 0.205. The van der Waals surface area contributed by atoms with E-state index in [0.29, 0.717) is 42.2 Å². The number of benzene rings is 2. The van der Waals surface area contributed by atoms with Gasteiger partial charge in [0.1, 0.15) is 11.2 Å². The SMILES string of the molecule is CN1CC[C@@](NC(=O)c2ccc3c(C4CCCC4)c(-c4csc(N(C)C)n4)n(C)c3c2)(C(=O)Nc2ccc(/C=C/C(=O)O)cc2)C1. The summed E-state index contributed by atoms with van der Waals surface area (Å²) in [6.45, 7) is 1.05. The van der Waals surface area contributed by atoms with Crippen molar-refractivity contribution in [3.05, 3.63) is 70.6 Å². The third-order valence-corrected chi connectivity index (χ3v) is 10.2. The molecule has 0 radical (unpaired) electrons. The first-order valence-electron chi connectivity index (χ1n) is 15.6. The van der Waals surface area contributed by atoms with Crippen LogP contribution >= 0.6 is 11.3 Å². The van der Waals surface area contributed by atoms with E-state index >= 15 is 0 Å². The fraction of sp³-hybridized carbons (Fsp3) is 0.371. The van der Waals surface area contributed by atoms with Crippen LogP contribution in [0.2, 0.25) is 0 Å². The van der Waals surface area contributed by atoms with Gasteiger partial charge in [0.2, 0.25) is 0 Å². The summed E-state index contributed by atoms with van der Waals surface area (Å²) in [6, 6.07) is 12.8. The molecule has 3 N–H and O–H groups in total. The minimum Gasteiger partial charge on any atom is -0.478 e. The second-order valence-corrected chi connectivity index (χ2v) is 13.6. The van der Waals surface area contributed by atoms with Crippen molar-refractivity contribution >= 4 is 56.9 Å². The lowest BCUT2D eigenvalue weighted by atomic mass is 9.93. The Morgan fingerprint density at radius 1 is 1.09 bits per heavy atom. The Balaban J connectivity index is 1.29. The molecular weight excluding hydrogens is 600 g/mol. The molecule has 0 unspecified atom stereocenters. The van der Waals surface area contributed by atoms with E-state index in [9.17, 15) is 14.4 Å². The number of carbonyl (C=O) groups excluding carboxylic acids is 2. The lowest BCUT2D eigenvalue weighted by molar-refractivity contribution is -0.131. The normalized spacial score (nSPS) is 18.9. The number of anilines is 2. The standard InChI is InChI=1S/C35H40N6O4S/c1-39(2)34-37-27(20-46-34)31-30(23-7-5-6-8-23)26-15-12-24(19-28(26)41(31)4)32(44)38-35(17-18-40(3)21-35)33(45)36-25-13-9-22(10-14-25)11-16-29(42)43/h9-16,19-20,23H,5-8,17-18,21H2,1-4H3,(H,36,45)(H,38,44)(H,42,43)/b16-11+/t35-/m0/s1. The van der Waals surface area contributed by atoms with Gasteiger partial charge in [-0.2, -0.15) is 0 Å². The van der Waals surface area contributed by atoms with Crippen LogP contribution in [-0.2, 0) is 16.6 Å². The van der Waals surface area contributed by atoms with Crippen LogP contribution in [0.4, 0.5) is 10.8 Å². The van der Waals surface area contributed by atoms with Gasteiger partial charge >= 0.3 is 5.97 Å². The molecule has 2 amide bonds. The summed E-state index contributed by atoms with van der Waals surface area (Å²) in [5, 5.41) is 19.2. The Hall–Kier alpha value is -4.48. The van der Waals surface area contributed by atoms with E-state index in [1.165, 1.54) is 24.5 Å². The highest BCUT2D eigenvalue weighted by atomic mass is 32.1. The molecule has 2 aromatic carbocycles. The van der Waals surface area contributed by atoms with Gasteiger partial charge in [-0.1, -0.05) is 31.0 Å². The van der Waals surface area contributed by atoms with Crippen LogP contribution in [0.15, 0.2) is 53.9 Å². The number of carboxylic acids is 1. The topological polar surface area (TPSA) is 120 Å². The number of amides is 2. The second-order valence-electron chi connectivity index (χ2n) is 12.7. The predicted molar refractivity (Wildman–Crippen MR) is 184 cm³/mol. The Bertz CT molecular complexity index is 1820. The van der Waals surface area contributed by atoms with E-state index in [0.717, 1.165) is 46.3 Å². The van der Waals surface area contributed by atoms with Crippen molar-refractivity contribution < 1.29 is 19.5 Å². The molecule has 0 spiro atoms. The first kappa shape index (κ1) is 31.5. The van der Waals surface area contributed by atoms with Crippen molar-refractivity contribution in [2.24, 2.45) is 7.05 Å². The Kier molecular flexibility index (Phi) is 8.71. The van der Waals surface area contributed by atoms with Crippen LogP contribution in [0.5, 0.6) is 0 Å². The van der Waals surface area contributed by atoms with Crippen LogP contribution in [0.1, 0.15) is 59.5 Å². The van der Waals surface area contributed by atoms with Crippen molar-refractivity contribution in [1.29, 1.82) is 0 Å². The molecular formula is C35H40N6O4S. The number of aryl methyl sites for hydroxylation is 1. The maximum absolute atomic E-state index is 13.9. The highest BCUT2D eigenvalue weighted by Crippen LogP contribution is 2.45. The number of nitrogens with zero attached hydrogens (tertiary/aromatic N) is 4. The lowest BCUT2D eigenvalue weighted by Crippen LogP contribution is -2.58. The average Bonchev–Trinajstić information content (AvgIpc) is 3.84. The third-order valence-electron chi connectivity index (χ3n) is 9.22. The van der Waals surface area contributed by atoms with Crippen LogP contribution in [0.3, 0.4) is 0 Å². The molecule has 1 saturated carbocycles. The minimum absolute atomic E-state index is 0.287. The van der Waals surface area contributed by atoms with E-state index in [1.807, 2.05) is 43.1 Å². The van der Waals surface area contributed by atoms with Crippen molar-refractivity contribution in [3.8, 4) is 11.4 Å². The first-order valence-corrected chi connectivity index (χ1v) is 16.5. The molecule has 2 aromatic heterocycles. The maximum Gasteiger partial charge on any atom is 0.328 e. The fourth-order valence-corrected chi connectivity index (χ4v) is 7.60. The summed E-state index contributed by atoms with van der Waals surface area (Å²) in [4.78, 5) is 47.5. The number of rotatable bonds is 9. The van der Waals surface area contributed by atoms with Gasteiger partial charge in [0.05, 0.1) is 5.69 Å². The summed E-state index contributed by atoms with van der Waals surface area (Å²) in [6.07, 6.45) is 7.74. The number of likely N-dealkylation sites (tertiary alicyclic amines) is 1. The number of hydrogen-bond acceptors (Lipinski definition) is 7. The van der Waals surface area contributed by atoms with Gasteiger partial charge < -0.3 is 30.1 Å². The monoisotopic (exact) mass is 640 g/mol. The van der Waals surface area contributed by atoms with E-state index in [2.05, 4.69) is 33.7 Å². The van der Waals surface area contributed by atoms with Crippen LogP contribution in [0.25, 0.3) is 28.4 Å². The summed E-state index contributed by atoms with van der Waals surface area (Å²) >= 11 is 1.63. The van der Waals surface area contributed by atoms with E-state index < -0.39 is 11.5 Å². The van der Waals surface area contributed by atoms with E-state index in [1.54, 1.807) is 35.6 Å². The molecule has 1 aliphatic heterocycles. The first-order chi connectivity index (χ1) is 22.0. The number of likely N-dealkylation sites (N-methyl/N-ethyl adjacent to an activating group) is 1. The Morgan fingerprint density at radius 2 is 1.83 bits per heavy atom. The molecule has 4 aromatic rings. The summed E-state index contributed by atoms with van der Waals surface area (Å²) < 4.78 is 2.18. The van der Waals surface area contributed by atoms with Gasteiger partial charge in [-0.15, -0.1) is 11.3 Å². The smallest absolute Gasteiger partial charge is 0.328 e. The maximum atomic E-state index is 13.9. The van der Waals surface area contributed by atoms with Gasteiger partial charge in [0.25, 0.3) is 11.8 Å². The molecule has 1 atom stereocenters. The number of thiazole rings is 1. The zero-order chi connectivity index (χ0) is 32.6. The molecule has 46 heavy (non-hydrogen) atoms. The molecule has 0 bridgehead atoms. The summed E-state index contributed by atoms with van der Waals surface area (Å²) in [7, 11) is 7.99. The highest BCUT2D eigenvalue weighted by Gasteiger charge is 2.45. The molecule has 240 valence electrons. The molecule has 2 fully saturated rings. The third kappa shape index (κ3) is 6.17. The number of nitrogens with one attached hydrogen (secondary N) is 2. The molecule has 10 nitrogen and oxygen atoms in total. The Morgan fingerprint density at radius 3 is 2.46 bits per heavy atom. The molecule has 6 rings (SSSR count). The number of carboxylic acid groups (broad SMARTS) is 1. The molecule has 1 aliphatic carbocycles. The van der Waals surface area contributed by atoms with Crippen LogP contribution in [-0.4, -0.2) is 77.1 Å². The molecule has 11 heteroatoms. The fourth-order valence-electron chi connectivity index (χ4n) is 6.85. The zero-order valence-corrected chi connectivity index (χ0v) is 27.5. The Labute approximate surface area is 272 Å². The number of fused-ring (bicyclic) bond motifs is 1. The van der Waals surface area contributed by atoms with Crippen molar-refractivity contribution in [2.75, 3.05) is 44.4 Å². The van der Waals surface area contributed by atoms with Crippen LogP contribution < -0.4 is 15.5 Å². The van der Waals surface area contributed by atoms with Gasteiger partial charge in [0.15, 0.2) is 5.13 Å². The largest absolute Gasteiger partial charge is 0.478 e. The van der Waals surface area contributed by atoms with Gasteiger partial charge in [-0.05, 0) is 73.7 Å². The van der Waals surface area contributed by atoms with Gasteiger partial charge in [0, 0.05) is 67.8 Å². The zero-order valence-electron chi connectivity index (χ0n) is 26.7. The predicted octanol–water partition coefficient (Wildman–Crippen LogP) is 5.57. The number of carbonyl (C=O) groups is 3. The highest BCUT2D eigenvalue weighted by molar-refractivity contribution is 7.14. The van der Waals surface area contributed by atoms with Crippen molar-refractivity contribution in [1.82, 2.24) is 19.8 Å². The van der Waals surface area contributed by atoms with Crippen molar-refractivity contribution in [2.45, 2.75) is 43.6 Å². The molecule has 3 heterocycles. The second kappa shape index (κ2) is 12.7. The number of aliphatic carboxylic acids is 1. The average molecular weight is 641 g/mol. The van der Waals surface area contributed by atoms with Crippen molar-refractivity contribution in [3.63, 3.8) is 0 Å². The van der Waals surface area contributed by atoms with Gasteiger partial charge in [-0.3, -0.25) is 9.59 Å². The molecule has 1 saturated heterocycles. The summed E-state index contributed by atoms with van der Waals surface area (Å²) in [5.74, 6) is -1.16. The van der Waals surface area contributed by atoms with E-state index in [4.69, 9.17) is 10.1 Å². The lowest BCUT2D eigenvalue weighted by Gasteiger charge is -2.29. The minimum atomic E-state index is -1.11. The van der Waals surface area contributed by atoms with E-state index in [-0.39, 0.29) is 11.8 Å². The van der Waals surface area contributed by atoms with Crippen LogP contribution in [0, 0.1) is 0 Å². The molecule has 2 aliphatic rings. The number of hydrogen-bond donors (Lipinski definition) is 3. The number of aromatic nitrogens is 2. The summed E-state index contributed by atoms with van der Waals surface area (Å²) in [5.41, 5.74) is 5.02.